The van der Waals surface area contributed by atoms with Crippen molar-refractivity contribution < 1.29 is 9.47 Å². The minimum atomic E-state index is 0.0979. The molecule has 3 aromatic heterocycles. The Labute approximate surface area is 280 Å². The molecule has 0 saturated carbocycles. The summed E-state index contributed by atoms with van der Waals surface area (Å²) >= 11 is 0. The summed E-state index contributed by atoms with van der Waals surface area (Å²) < 4.78 is 17.1. The van der Waals surface area contributed by atoms with E-state index in [-0.39, 0.29) is 23.7 Å². The van der Waals surface area contributed by atoms with E-state index in [4.69, 9.17) is 24.7 Å². The average molecular weight is 638 g/mol. The Kier molecular flexibility index (Phi) is 6.71. The number of benzene rings is 2. The van der Waals surface area contributed by atoms with Crippen molar-refractivity contribution in [1.29, 1.82) is 0 Å². The zero-order valence-corrected chi connectivity index (χ0v) is 27.4. The Bertz CT molecular complexity index is 1910. The summed E-state index contributed by atoms with van der Waals surface area (Å²) in [6, 6.07) is 23.0. The molecule has 48 heavy (non-hydrogen) atoms. The lowest BCUT2D eigenvalue weighted by Gasteiger charge is -2.46. The van der Waals surface area contributed by atoms with Gasteiger partial charge in [0, 0.05) is 72.1 Å². The van der Waals surface area contributed by atoms with E-state index in [0.717, 1.165) is 70.4 Å². The van der Waals surface area contributed by atoms with Gasteiger partial charge in [0.2, 0.25) is 11.8 Å². The summed E-state index contributed by atoms with van der Waals surface area (Å²) in [6.45, 7) is 16.7. The third kappa shape index (κ3) is 4.26. The van der Waals surface area contributed by atoms with Gasteiger partial charge in [-0.1, -0.05) is 48.6 Å². The topological polar surface area (TPSA) is 73.5 Å². The molecule has 0 aliphatic carbocycles. The van der Waals surface area contributed by atoms with E-state index in [9.17, 15) is 0 Å². The van der Waals surface area contributed by atoms with Crippen molar-refractivity contribution in [2.75, 3.05) is 49.2 Å². The largest absolute Gasteiger partial charge is 0.477 e. The predicted octanol–water partition coefficient (Wildman–Crippen LogP) is 6.36. The second-order valence-electron chi connectivity index (χ2n) is 13.4. The van der Waals surface area contributed by atoms with Gasteiger partial charge in [-0.2, -0.15) is 10.2 Å². The summed E-state index contributed by atoms with van der Waals surface area (Å²) in [6.07, 6.45) is 3.95. The highest BCUT2D eigenvalue weighted by Crippen LogP contribution is 2.54. The second-order valence-corrected chi connectivity index (χ2v) is 13.4. The summed E-state index contributed by atoms with van der Waals surface area (Å²) in [5.41, 5.74) is 8.75. The van der Waals surface area contributed by atoms with Crippen LogP contribution in [0.25, 0.3) is 11.4 Å². The van der Waals surface area contributed by atoms with E-state index in [2.05, 4.69) is 67.1 Å². The normalized spacial score (nSPS) is 21.8. The van der Waals surface area contributed by atoms with E-state index in [1.165, 1.54) is 11.1 Å². The number of pyridine rings is 1. The minimum Gasteiger partial charge on any atom is -0.477 e. The van der Waals surface area contributed by atoms with Crippen LogP contribution in [-0.2, 0) is 0 Å². The molecule has 9 rings (SSSR count). The van der Waals surface area contributed by atoms with Crippen LogP contribution in [0.4, 0.5) is 11.6 Å². The highest BCUT2D eigenvalue weighted by molar-refractivity contribution is 5.69. The van der Waals surface area contributed by atoms with Crippen LogP contribution >= 0.6 is 0 Å². The number of nitrogens with zero attached hydrogens (tertiary/aromatic N) is 7. The monoisotopic (exact) mass is 637 g/mol. The molecule has 0 spiro atoms. The molecule has 0 amide bonds. The molecule has 9 nitrogen and oxygen atoms in total. The number of ether oxygens (including phenoxy) is 2. The Balaban J connectivity index is 1.26. The number of para-hydroxylation sites is 2. The van der Waals surface area contributed by atoms with Crippen LogP contribution < -0.4 is 19.3 Å². The summed E-state index contributed by atoms with van der Waals surface area (Å²) in [7, 11) is 0. The van der Waals surface area contributed by atoms with E-state index < -0.39 is 0 Å². The molecule has 4 atom stereocenters. The molecule has 0 bridgehead atoms. The summed E-state index contributed by atoms with van der Waals surface area (Å²) in [5, 5.41) is 10.1. The van der Waals surface area contributed by atoms with Gasteiger partial charge in [0.1, 0.15) is 11.6 Å². The quantitative estimate of drug-likeness (QED) is 0.201. The molecule has 0 radical (unpaired) electrons. The number of hydrogen-bond donors (Lipinski definition) is 0. The van der Waals surface area contributed by atoms with Gasteiger partial charge in [-0.05, 0) is 44.2 Å². The fourth-order valence-corrected chi connectivity index (χ4v) is 8.55. The average Bonchev–Trinajstić information content (AvgIpc) is 3.64. The maximum atomic E-state index is 6.58. The molecule has 2 aromatic carbocycles. The maximum absolute atomic E-state index is 6.58. The fraction of sp³-hybridized carbons (Fsp3) is 0.308. The molecule has 0 saturated heterocycles. The van der Waals surface area contributed by atoms with Crippen LogP contribution in [0.2, 0.25) is 0 Å². The third-order valence-corrected chi connectivity index (χ3v) is 10.5. The van der Waals surface area contributed by atoms with Gasteiger partial charge in [-0.3, -0.25) is 0 Å². The Morgan fingerprint density at radius 3 is 1.54 bits per heavy atom. The zero-order valence-electron chi connectivity index (χ0n) is 27.4. The van der Waals surface area contributed by atoms with Crippen LogP contribution in [0.3, 0.4) is 0 Å². The predicted molar refractivity (Wildman–Crippen MR) is 187 cm³/mol. The lowest BCUT2D eigenvalue weighted by Crippen LogP contribution is -2.46. The molecule has 4 aliphatic heterocycles. The van der Waals surface area contributed by atoms with Crippen molar-refractivity contribution in [2.45, 2.75) is 25.7 Å². The van der Waals surface area contributed by atoms with Crippen molar-refractivity contribution in [3.63, 3.8) is 0 Å². The highest BCUT2D eigenvalue weighted by Gasteiger charge is 2.47. The lowest BCUT2D eigenvalue weighted by molar-refractivity contribution is 0.189. The molecule has 7 heterocycles. The van der Waals surface area contributed by atoms with Gasteiger partial charge >= 0.3 is 0 Å². The van der Waals surface area contributed by atoms with Gasteiger partial charge in [-0.25, -0.2) is 14.3 Å². The summed E-state index contributed by atoms with van der Waals surface area (Å²) in [4.78, 5) is 10.3. The first-order chi connectivity index (χ1) is 23.6. The van der Waals surface area contributed by atoms with Crippen molar-refractivity contribution in [3.05, 3.63) is 126 Å². The number of hydrogen-bond acceptors (Lipinski definition) is 7. The fourth-order valence-electron chi connectivity index (χ4n) is 8.55. The number of aryl methyl sites for hydroxylation is 2. The van der Waals surface area contributed by atoms with Crippen LogP contribution in [0.15, 0.2) is 92.0 Å². The molecule has 0 fully saturated rings. The van der Waals surface area contributed by atoms with Crippen molar-refractivity contribution in [2.24, 2.45) is 11.8 Å². The van der Waals surface area contributed by atoms with Crippen LogP contribution in [0, 0.1) is 25.7 Å². The number of fused-ring (bicyclic) bond motifs is 10. The van der Waals surface area contributed by atoms with Gasteiger partial charge in [0.25, 0.3) is 0 Å². The molecule has 2 unspecified atom stereocenters. The molecular weight excluding hydrogens is 598 g/mol. The van der Waals surface area contributed by atoms with Gasteiger partial charge < -0.3 is 19.3 Å². The SMILES string of the molecule is C=CCN1CC2COc3c(c(C)nn3-c3ccccc3)C2c2cc3c(nc21)N(CC=C)C[C@H]1COc2c(c(C)nn2-c2ccccc2)[C@@H]31. The molecule has 5 aromatic rings. The first kappa shape index (κ1) is 28.9. The molecule has 0 N–H and O–H groups in total. The highest BCUT2D eigenvalue weighted by atomic mass is 16.5. The Hall–Kier alpha value is -5.31. The van der Waals surface area contributed by atoms with Crippen LogP contribution in [0.1, 0.15) is 45.5 Å². The first-order valence-corrected chi connectivity index (χ1v) is 16.9. The van der Waals surface area contributed by atoms with E-state index in [1.807, 2.05) is 57.9 Å². The van der Waals surface area contributed by atoms with Gasteiger partial charge in [-0.15, -0.1) is 13.2 Å². The van der Waals surface area contributed by atoms with Crippen LogP contribution in [-0.4, -0.2) is 63.9 Å². The lowest BCUT2D eigenvalue weighted by atomic mass is 9.73. The molecule has 4 aliphatic rings. The van der Waals surface area contributed by atoms with Crippen molar-refractivity contribution >= 4 is 11.6 Å². The first-order valence-electron chi connectivity index (χ1n) is 16.9. The second kappa shape index (κ2) is 11.1. The minimum absolute atomic E-state index is 0.0979. The molecular formula is C39H39N7O2. The third-order valence-electron chi connectivity index (χ3n) is 10.5. The van der Waals surface area contributed by atoms with Gasteiger partial charge in [0.15, 0.2) is 0 Å². The smallest absolute Gasteiger partial charge is 0.220 e. The zero-order chi connectivity index (χ0) is 32.5. The Morgan fingerprint density at radius 2 is 1.12 bits per heavy atom. The molecule has 242 valence electrons. The van der Waals surface area contributed by atoms with Crippen molar-refractivity contribution in [1.82, 2.24) is 24.5 Å². The van der Waals surface area contributed by atoms with E-state index in [0.29, 0.717) is 26.3 Å². The van der Waals surface area contributed by atoms with Crippen molar-refractivity contribution in [3.8, 4) is 23.1 Å². The number of rotatable bonds is 6. The summed E-state index contributed by atoms with van der Waals surface area (Å²) in [5.74, 6) is 4.39. The van der Waals surface area contributed by atoms with E-state index >= 15 is 0 Å². The standard InChI is InChI=1S/C39H39N7O2/c1-5-17-43-20-26-22-47-38-32(24(3)41-45(38)28-13-9-7-10-14-28)34(26)30-19-31-35-27(21-44(18-6-2)37(31)40-36(30)43)23-48-39-33(35)25(4)42-46(39)29-15-11-8-12-16-29/h5-16,19,26-27,34-35H,1-2,17-18,20-23H2,3-4H3/t26-,27?,34+,35?/m0/s1. The van der Waals surface area contributed by atoms with E-state index in [1.54, 1.807) is 0 Å². The Morgan fingerprint density at radius 1 is 0.688 bits per heavy atom. The van der Waals surface area contributed by atoms with Crippen LogP contribution in [0.5, 0.6) is 11.8 Å². The number of aromatic nitrogens is 5. The number of anilines is 2. The molecule has 9 heteroatoms. The van der Waals surface area contributed by atoms with Gasteiger partial charge in [0.05, 0.1) is 36.0 Å². The maximum Gasteiger partial charge on any atom is 0.220 e.